The van der Waals surface area contributed by atoms with Gasteiger partial charge in [0.25, 0.3) is 5.89 Å². The van der Waals surface area contributed by atoms with Crippen molar-refractivity contribution in [2.24, 2.45) is 0 Å². The molecule has 7 heteroatoms. The molecule has 0 aliphatic heterocycles. The van der Waals surface area contributed by atoms with Crippen molar-refractivity contribution >= 4 is 11.0 Å². The van der Waals surface area contributed by atoms with Crippen LogP contribution >= 0.6 is 0 Å². The summed E-state index contributed by atoms with van der Waals surface area (Å²) in [5.74, 6) is 2.45. The smallest absolute Gasteiger partial charge is 0.264 e. The van der Waals surface area contributed by atoms with Crippen LogP contribution in [-0.4, -0.2) is 26.8 Å². The highest BCUT2D eigenvalue weighted by atomic mass is 16.5. The first-order valence-electron chi connectivity index (χ1n) is 9.86. The van der Waals surface area contributed by atoms with Crippen molar-refractivity contribution in [2.75, 3.05) is 7.11 Å². The molecule has 5 rings (SSSR count). The van der Waals surface area contributed by atoms with Crippen molar-refractivity contribution in [1.29, 1.82) is 0 Å². The van der Waals surface area contributed by atoms with Crippen LogP contribution in [0.25, 0.3) is 22.4 Å². The van der Waals surface area contributed by atoms with Crippen LogP contribution in [0.2, 0.25) is 0 Å². The normalized spacial score (nSPS) is 14.5. The standard InChI is InChI=1S/C22H22N4O3/c1-27-17-7-9-18(10-8-17)28-13-21-24-22(25-29-21)15-6-11-20-19(12-15)23-14-26(20)16-4-2-3-5-16/h6-12,14,16H,2-5,13H2,1H3. The molecule has 0 amide bonds. The summed E-state index contributed by atoms with van der Waals surface area (Å²) >= 11 is 0. The number of rotatable bonds is 6. The predicted octanol–water partition coefficient (Wildman–Crippen LogP) is 4.79. The van der Waals surface area contributed by atoms with Crippen molar-refractivity contribution in [3.8, 4) is 22.9 Å². The highest BCUT2D eigenvalue weighted by Crippen LogP contribution is 2.32. The second-order valence-corrected chi connectivity index (χ2v) is 7.27. The monoisotopic (exact) mass is 390 g/mol. The molecule has 1 fully saturated rings. The number of hydrogen-bond acceptors (Lipinski definition) is 6. The fraction of sp³-hybridized carbons (Fsp3) is 0.318. The third kappa shape index (κ3) is 3.55. The molecule has 0 radical (unpaired) electrons. The number of fused-ring (bicyclic) bond motifs is 1. The van der Waals surface area contributed by atoms with Crippen LogP contribution in [0.3, 0.4) is 0 Å². The lowest BCUT2D eigenvalue weighted by atomic mass is 10.1. The SMILES string of the molecule is COc1ccc(OCc2nc(-c3ccc4c(c3)ncn4C3CCCC3)no2)cc1. The molecule has 1 aliphatic rings. The zero-order chi connectivity index (χ0) is 19.6. The van der Waals surface area contributed by atoms with Gasteiger partial charge in [-0.1, -0.05) is 18.0 Å². The van der Waals surface area contributed by atoms with Gasteiger partial charge >= 0.3 is 0 Å². The summed E-state index contributed by atoms with van der Waals surface area (Å²) in [5, 5.41) is 4.10. The molecular formula is C22H22N4O3. The third-order valence-corrected chi connectivity index (χ3v) is 5.44. The van der Waals surface area contributed by atoms with Crippen LogP contribution in [0.15, 0.2) is 53.3 Å². The Hall–Kier alpha value is -3.35. The Morgan fingerprint density at radius 1 is 1.07 bits per heavy atom. The van der Waals surface area contributed by atoms with Gasteiger partial charge in [0.05, 0.1) is 24.5 Å². The van der Waals surface area contributed by atoms with E-state index in [4.69, 9.17) is 14.0 Å². The number of aromatic nitrogens is 4. The Morgan fingerprint density at radius 2 is 1.86 bits per heavy atom. The molecule has 0 N–H and O–H groups in total. The molecule has 1 aliphatic carbocycles. The van der Waals surface area contributed by atoms with E-state index >= 15 is 0 Å². The van der Waals surface area contributed by atoms with E-state index in [-0.39, 0.29) is 6.61 Å². The third-order valence-electron chi connectivity index (χ3n) is 5.44. The quantitative estimate of drug-likeness (QED) is 0.471. The summed E-state index contributed by atoms with van der Waals surface area (Å²) in [6.07, 6.45) is 7.01. The average Bonchev–Trinajstić information content (AvgIpc) is 3.52. The molecule has 148 valence electrons. The van der Waals surface area contributed by atoms with Gasteiger partial charge in [-0.05, 0) is 55.3 Å². The minimum Gasteiger partial charge on any atom is -0.497 e. The summed E-state index contributed by atoms with van der Waals surface area (Å²) in [6.45, 7) is 0.206. The molecule has 7 nitrogen and oxygen atoms in total. The highest BCUT2D eigenvalue weighted by Gasteiger charge is 2.19. The Morgan fingerprint density at radius 3 is 2.66 bits per heavy atom. The zero-order valence-corrected chi connectivity index (χ0v) is 16.2. The maximum absolute atomic E-state index is 5.70. The van der Waals surface area contributed by atoms with E-state index in [1.807, 2.05) is 42.7 Å². The van der Waals surface area contributed by atoms with E-state index < -0.39 is 0 Å². The van der Waals surface area contributed by atoms with Crippen molar-refractivity contribution < 1.29 is 14.0 Å². The van der Waals surface area contributed by atoms with E-state index in [1.54, 1.807) is 7.11 Å². The van der Waals surface area contributed by atoms with E-state index in [0.717, 1.165) is 22.3 Å². The summed E-state index contributed by atoms with van der Waals surface area (Å²) in [4.78, 5) is 9.05. The Labute approximate surface area is 168 Å². The number of hydrogen-bond donors (Lipinski definition) is 0. The van der Waals surface area contributed by atoms with Crippen LogP contribution in [-0.2, 0) is 6.61 Å². The molecule has 0 saturated heterocycles. The summed E-state index contributed by atoms with van der Waals surface area (Å²) in [6, 6.07) is 14.1. The van der Waals surface area contributed by atoms with Gasteiger partial charge in [0.2, 0.25) is 5.82 Å². The minimum absolute atomic E-state index is 0.206. The van der Waals surface area contributed by atoms with Crippen LogP contribution in [0, 0.1) is 0 Å². The van der Waals surface area contributed by atoms with Gasteiger partial charge in [-0.15, -0.1) is 0 Å². The molecule has 0 spiro atoms. The molecular weight excluding hydrogens is 368 g/mol. The van der Waals surface area contributed by atoms with Gasteiger partial charge in [-0.2, -0.15) is 4.98 Å². The average molecular weight is 390 g/mol. The maximum Gasteiger partial charge on any atom is 0.264 e. The van der Waals surface area contributed by atoms with Gasteiger partial charge < -0.3 is 18.6 Å². The Bertz CT molecular complexity index is 1110. The van der Waals surface area contributed by atoms with E-state index in [9.17, 15) is 0 Å². The zero-order valence-electron chi connectivity index (χ0n) is 16.2. The largest absolute Gasteiger partial charge is 0.497 e. The molecule has 0 unspecified atom stereocenters. The van der Waals surface area contributed by atoms with E-state index in [1.165, 1.54) is 25.7 Å². The van der Waals surface area contributed by atoms with Gasteiger partial charge in [0, 0.05) is 11.6 Å². The van der Waals surface area contributed by atoms with Crippen molar-refractivity contribution in [3.05, 3.63) is 54.7 Å². The molecule has 1 saturated carbocycles. The van der Waals surface area contributed by atoms with E-state index in [2.05, 4.69) is 25.8 Å². The van der Waals surface area contributed by atoms with Gasteiger partial charge in [-0.3, -0.25) is 0 Å². The molecule has 2 aromatic carbocycles. The molecule has 0 atom stereocenters. The Kier molecular flexibility index (Phi) is 4.63. The van der Waals surface area contributed by atoms with Gasteiger partial charge in [0.15, 0.2) is 6.61 Å². The minimum atomic E-state index is 0.206. The first-order chi connectivity index (χ1) is 14.3. The lowest BCUT2D eigenvalue weighted by molar-refractivity contribution is 0.242. The van der Waals surface area contributed by atoms with Gasteiger partial charge in [-0.25, -0.2) is 4.98 Å². The Balaban J connectivity index is 1.31. The maximum atomic E-state index is 5.70. The fourth-order valence-electron chi connectivity index (χ4n) is 3.89. The summed E-state index contributed by atoms with van der Waals surface area (Å²) in [7, 11) is 1.63. The predicted molar refractivity (Wildman–Crippen MR) is 108 cm³/mol. The van der Waals surface area contributed by atoms with Crippen LogP contribution < -0.4 is 9.47 Å². The van der Waals surface area contributed by atoms with Crippen molar-refractivity contribution in [2.45, 2.75) is 38.3 Å². The second kappa shape index (κ2) is 7.58. The first kappa shape index (κ1) is 17.7. The lowest BCUT2D eigenvalue weighted by Gasteiger charge is -2.11. The van der Waals surface area contributed by atoms with Crippen molar-refractivity contribution in [1.82, 2.24) is 19.7 Å². The van der Waals surface area contributed by atoms with Crippen LogP contribution in [0.4, 0.5) is 0 Å². The van der Waals surface area contributed by atoms with E-state index in [0.29, 0.717) is 23.5 Å². The van der Waals surface area contributed by atoms with Gasteiger partial charge in [0.1, 0.15) is 11.5 Å². The molecule has 0 bridgehead atoms. The number of imidazole rings is 1. The first-order valence-corrected chi connectivity index (χ1v) is 9.86. The van der Waals surface area contributed by atoms with Crippen LogP contribution in [0.5, 0.6) is 11.5 Å². The lowest BCUT2D eigenvalue weighted by Crippen LogP contribution is -2.02. The topological polar surface area (TPSA) is 75.2 Å². The molecule has 29 heavy (non-hydrogen) atoms. The van der Waals surface area contributed by atoms with Crippen LogP contribution in [0.1, 0.15) is 37.6 Å². The molecule has 2 aromatic heterocycles. The van der Waals surface area contributed by atoms with Crippen molar-refractivity contribution in [3.63, 3.8) is 0 Å². The number of nitrogens with zero attached hydrogens (tertiary/aromatic N) is 4. The molecule has 2 heterocycles. The fourth-order valence-corrected chi connectivity index (χ4v) is 3.89. The summed E-state index contributed by atoms with van der Waals surface area (Å²) in [5.41, 5.74) is 3.00. The second-order valence-electron chi connectivity index (χ2n) is 7.27. The number of methoxy groups -OCH3 is 1. The highest BCUT2D eigenvalue weighted by molar-refractivity contribution is 5.80. The molecule has 4 aromatic rings. The summed E-state index contributed by atoms with van der Waals surface area (Å²) < 4.78 is 18.5. The number of benzene rings is 2. The number of ether oxygens (including phenoxy) is 2.